The molecule has 1 heterocycles. The highest BCUT2D eigenvalue weighted by atomic mass is 16.6. The van der Waals surface area contributed by atoms with E-state index in [0.717, 1.165) is 38.9 Å². The van der Waals surface area contributed by atoms with Gasteiger partial charge in [-0.1, -0.05) is 60.7 Å². The van der Waals surface area contributed by atoms with E-state index in [1.54, 1.807) is 0 Å². The van der Waals surface area contributed by atoms with E-state index in [1.165, 1.54) is 11.1 Å². The Morgan fingerprint density at radius 2 is 1.52 bits per heavy atom. The van der Waals surface area contributed by atoms with Gasteiger partial charge in [0.2, 0.25) is 0 Å². The van der Waals surface area contributed by atoms with Gasteiger partial charge in [-0.05, 0) is 57.7 Å². The van der Waals surface area contributed by atoms with E-state index in [0.29, 0.717) is 5.92 Å². The number of ether oxygens (including phenoxy) is 1. The van der Waals surface area contributed by atoms with Gasteiger partial charge in [-0.3, -0.25) is 0 Å². The fourth-order valence-corrected chi connectivity index (χ4v) is 3.98. The molecule has 2 aromatic rings. The second-order valence-corrected chi connectivity index (χ2v) is 8.92. The number of amides is 1. The summed E-state index contributed by atoms with van der Waals surface area (Å²) in [5.74, 6) is 0.412. The van der Waals surface area contributed by atoms with Crippen molar-refractivity contribution in [1.82, 2.24) is 10.2 Å². The summed E-state index contributed by atoms with van der Waals surface area (Å²) in [5, 5.41) is 3.02. The summed E-state index contributed by atoms with van der Waals surface area (Å²) in [6.07, 6.45) is 2.74. The Hall–Kier alpha value is -2.33. The SMILES string of the molecule is CC(C)(C)OC(=O)NC1CCN(CCC(c2ccccc2)c2ccccc2)CC1. The molecule has 0 bridgehead atoms. The number of nitrogens with one attached hydrogen (secondary N) is 1. The van der Waals surface area contributed by atoms with Gasteiger partial charge < -0.3 is 15.0 Å². The number of hydrogen-bond acceptors (Lipinski definition) is 3. The molecule has 1 aliphatic rings. The smallest absolute Gasteiger partial charge is 0.407 e. The normalized spacial score (nSPS) is 16.0. The number of rotatable bonds is 6. The molecule has 156 valence electrons. The van der Waals surface area contributed by atoms with Crippen LogP contribution in [0.3, 0.4) is 0 Å². The number of nitrogens with zero attached hydrogens (tertiary/aromatic N) is 1. The van der Waals surface area contributed by atoms with Gasteiger partial charge >= 0.3 is 6.09 Å². The van der Waals surface area contributed by atoms with Crippen molar-refractivity contribution in [1.29, 1.82) is 0 Å². The largest absolute Gasteiger partial charge is 0.444 e. The maximum absolute atomic E-state index is 12.0. The number of likely N-dealkylation sites (tertiary alicyclic amines) is 1. The van der Waals surface area contributed by atoms with Crippen molar-refractivity contribution in [2.24, 2.45) is 0 Å². The molecule has 0 atom stereocenters. The molecule has 4 nitrogen and oxygen atoms in total. The molecule has 0 unspecified atom stereocenters. The zero-order valence-electron chi connectivity index (χ0n) is 17.9. The first-order chi connectivity index (χ1) is 13.9. The van der Waals surface area contributed by atoms with Crippen LogP contribution in [-0.4, -0.2) is 42.3 Å². The van der Waals surface area contributed by atoms with Crippen molar-refractivity contribution in [3.8, 4) is 0 Å². The molecule has 0 aliphatic carbocycles. The summed E-state index contributed by atoms with van der Waals surface area (Å²) in [5.41, 5.74) is 2.30. The molecule has 1 amide bonds. The maximum Gasteiger partial charge on any atom is 0.407 e. The van der Waals surface area contributed by atoms with E-state index in [9.17, 15) is 4.79 Å². The molecule has 29 heavy (non-hydrogen) atoms. The topological polar surface area (TPSA) is 41.6 Å². The fourth-order valence-electron chi connectivity index (χ4n) is 3.98. The lowest BCUT2D eigenvalue weighted by molar-refractivity contribution is 0.0478. The summed E-state index contributed by atoms with van der Waals surface area (Å²) in [4.78, 5) is 14.5. The molecule has 1 aliphatic heterocycles. The highest BCUT2D eigenvalue weighted by Crippen LogP contribution is 2.28. The van der Waals surface area contributed by atoms with Gasteiger partial charge in [0.1, 0.15) is 5.60 Å². The number of carbonyl (C=O) groups excluding carboxylic acids is 1. The van der Waals surface area contributed by atoms with Crippen LogP contribution in [0.2, 0.25) is 0 Å². The van der Waals surface area contributed by atoms with Gasteiger partial charge in [-0.15, -0.1) is 0 Å². The highest BCUT2D eigenvalue weighted by molar-refractivity contribution is 5.68. The third-order valence-electron chi connectivity index (χ3n) is 5.45. The van der Waals surface area contributed by atoms with Crippen molar-refractivity contribution >= 4 is 6.09 Å². The predicted molar refractivity (Wildman–Crippen MR) is 118 cm³/mol. The summed E-state index contributed by atoms with van der Waals surface area (Å²) >= 11 is 0. The molecule has 2 aromatic carbocycles. The van der Waals surface area contributed by atoms with Crippen molar-refractivity contribution < 1.29 is 9.53 Å². The van der Waals surface area contributed by atoms with Crippen LogP contribution in [0.5, 0.6) is 0 Å². The fraction of sp³-hybridized carbons (Fsp3) is 0.480. The third kappa shape index (κ3) is 6.90. The van der Waals surface area contributed by atoms with Crippen molar-refractivity contribution in [3.05, 3.63) is 71.8 Å². The minimum absolute atomic E-state index is 0.208. The first-order valence-electron chi connectivity index (χ1n) is 10.7. The van der Waals surface area contributed by atoms with Gasteiger partial charge in [-0.25, -0.2) is 4.79 Å². The van der Waals surface area contributed by atoms with Crippen LogP contribution in [0.25, 0.3) is 0 Å². The zero-order valence-corrected chi connectivity index (χ0v) is 17.9. The summed E-state index contributed by atoms with van der Waals surface area (Å²) in [6.45, 7) is 8.77. The Kier molecular flexibility index (Phi) is 7.32. The summed E-state index contributed by atoms with van der Waals surface area (Å²) < 4.78 is 5.38. The van der Waals surface area contributed by atoms with Gasteiger partial charge in [0.15, 0.2) is 0 Å². The average Bonchev–Trinajstić information content (AvgIpc) is 2.69. The Labute approximate surface area is 175 Å². The second-order valence-electron chi connectivity index (χ2n) is 8.92. The van der Waals surface area contributed by atoms with Gasteiger partial charge in [-0.2, -0.15) is 0 Å². The zero-order chi connectivity index (χ0) is 20.7. The maximum atomic E-state index is 12.0. The van der Waals surface area contributed by atoms with Crippen LogP contribution in [0.1, 0.15) is 57.1 Å². The number of benzene rings is 2. The average molecular weight is 395 g/mol. The van der Waals surface area contributed by atoms with Crippen molar-refractivity contribution in [2.45, 2.75) is 57.6 Å². The number of piperidine rings is 1. The summed E-state index contributed by atoms with van der Waals surface area (Å²) in [6, 6.07) is 21.8. The first-order valence-corrected chi connectivity index (χ1v) is 10.7. The molecule has 0 saturated carbocycles. The van der Waals surface area contributed by atoms with Crippen LogP contribution >= 0.6 is 0 Å². The van der Waals surface area contributed by atoms with Crippen LogP contribution in [-0.2, 0) is 4.74 Å². The molecule has 0 spiro atoms. The summed E-state index contributed by atoms with van der Waals surface area (Å²) in [7, 11) is 0. The molecule has 1 saturated heterocycles. The Bertz CT molecular complexity index is 708. The Morgan fingerprint density at radius 1 is 1.00 bits per heavy atom. The van der Waals surface area contributed by atoms with Crippen molar-refractivity contribution in [3.63, 3.8) is 0 Å². The second kappa shape index (κ2) is 9.93. The molecule has 3 rings (SSSR count). The Balaban J connectivity index is 1.51. The van der Waals surface area contributed by atoms with Gasteiger partial charge in [0, 0.05) is 25.0 Å². The third-order valence-corrected chi connectivity index (χ3v) is 5.45. The molecule has 0 aromatic heterocycles. The number of hydrogen-bond donors (Lipinski definition) is 1. The van der Waals surface area contributed by atoms with Crippen molar-refractivity contribution in [2.75, 3.05) is 19.6 Å². The highest BCUT2D eigenvalue weighted by Gasteiger charge is 2.24. The monoisotopic (exact) mass is 394 g/mol. The van der Waals surface area contributed by atoms with Gasteiger partial charge in [0.25, 0.3) is 0 Å². The lowest BCUT2D eigenvalue weighted by Gasteiger charge is -2.33. The molecule has 1 N–H and O–H groups in total. The van der Waals surface area contributed by atoms with E-state index in [1.807, 2.05) is 20.8 Å². The van der Waals surface area contributed by atoms with E-state index in [-0.39, 0.29) is 12.1 Å². The molecular formula is C25H34N2O2. The minimum Gasteiger partial charge on any atom is -0.444 e. The number of carbonyl (C=O) groups is 1. The van der Waals surface area contributed by atoms with Crippen LogP contribution in [0.4, 0.5) is 4.79 Å². The molecule has 1 fully saturated rings. The lowest BCUT2D eigenvalue weighted by Crippen LogP contribution is -2.46. The van der Waals surface area contributed by atoms with Crippen LogP contribution in [0, 0.1) is 0 Å². The van der Waals surface area contributed by atoms with Crippen LogP contribution in [0.15, 0.2) is 60.7 Å². The van der Waals surface area contributed by atoms with Gasteiger partial charge in [0.05, 0.1) is 0 Å². The van der Waals surface area contributed by atoms with E-state index in [2.05, 4.69) is 70.9 Å². The molecular weight excluding hydrogens is 360 g/mol. The quantitative estimate of drug-likeness (QED) is 0.732. The number of alkyl carbamates (subject to hydrolysis) is 1. The van der Waals surface area contributed by atoms with E-state index >= 15 is 0 Å². The lowest BCUT2D eigenvalue weighted by atomic mass is 9.88. The minimum atomic E-state index is -0.450. The molecule has 0 radical (unpaired) electrons. The van der Waals surface area contributed by atoms with Crippen LogP contribution < -0.4 is 5.32 Å². The standard InChI is InChI=1S/C25H34N2O2/c1-25(2,3)29-24(28)26-22-14-17-27(18-15-22)19-16-23(20-10-6-4-7-11-20)21-12-8-5-9-13-21/h4-13,22-23H,14-19H2,1-3H3,(H,26,28). The Morgan fingerprint density at radius 3 is 2.00 bits per heavy atom. The van der Waals surface area contributed by atoms with E-state index in [4.69, 9.17) is 4.74 Å². The first kappa shape index (κ1) is 21.4. The predicted octanol–water partition coefficient (Wildman–Crippen LogP) is 5.20. The van der Waals surface area contributed by atoms with E-state index < -0.39 is 5.60 Å². The molecule has 4 heteroatoms.